The summed E-state index contributed by atoms with van der Waals surface area (Å²) in [6, 6.07) is 8.93. The van der Waals surface area contributed by atoms with Gasteiger partial charge in [-0.05, 0) is 19.1 Å². The van der Waals surface area contributed by atoms with Crippen LogP contribution in [0.15, 0.2) is 30.3 Å². The Kier molecular flexibility index (Phi) is 5.14. The molecule has 2 amide bonds. The van der Waals surface area contributed by atoms with E-state index in [-0.39, 0.29) is 5.91 Å². The van der Waals surface area contributed by atoms with Crippen molar-refractivity contribution in [3.63, 3.8) is 0 Å². The summed E-state index contributed by atoms with van der Waals surface area (Å²) >= 11 is 6.15. The maximum atomic E-state index is 12.7. The molecular weight excluding hydrogens is 342 g/mol. The third kappa shape index (κ3) is 4.06. The number of aryl methyl sites for hydroxylation is 1. The molecule has 0 radical (unpaired) electrons. The smallest absolute Gasteiger partial charge is 0.272 e. The highest BCUT2D eigenvalue weighted by molar-refractivity contribution is 6.33. The van der Waals surface area contributed by atoms with E-state index in [4.69, 9.17) is 11.6 Å². The first-order valence-corrected chi connectivity index (χ1v) is 8.30. The standard InChI is InChI=1S/C17H18ClN5O2/c1-12-19-15(17(25)23-8-6-22(11-24)7-9-23)10-16(20-12)21-14-5-3-2-4-13(14)18/h2-5,10-11H,6-9H2,1H3,(H,19,20,21). The molecule has 0 aliphatic carbocycles. The van der Waals surface area contributed by atoms with Gasteiger partial charge in [-0.1, -0.05) is 23.7 Å². The van der Waals surface area contributed by atoms with E-state index >= 15 is 0 Å². The molecule has 25 heavy (non-hydrogen) atoms. The topological polar surface area (TPSA) is 78.4 Å². The number of hydrogen-bond acceptors (Lipinski definition) is 5. The maximum absolute atomic E-state index is 12.7. The van der Waals surface area contributed by atoms with Crippen molar-refractivity contribution in [2.75, 3.05) is 31.5 Å². The molecule has 2 heterocycles. The fourth-order valence-electron chi connectivity index (χ4n) is 2.63. The average molecular weight is 360 g/mol. The van der Waals surface area contributed by atoms with E-state index in [0.29, 0.717) is 54.2 Å². The molecule has 1 aliphatic heterocycles. The number of anilines is 2. The van der Waals surface area contributed by atoms with Crippen LogP contribution < -0.4 is 5.32 Å². The fourth-order valence-corrected chi connectivity index (χ4v) is 2.82. The Labute approximate surface area is 150 Å². The van der Waals surface area contributed by atoms with Crippen molar-refractivity contribution < 1.29 is 9.59 Å². The minimum absolute atomic E-state index is 0.168. The molecule has 0 saturated carbocycles. The van der Waals surface area contributed by atoms with Crippen LogP contribution in [-0.2, 0) is 4.79 Å². The highest BCUT2D eigenvalue weighted by atomic mass is 35.5. The van der Waals surface area contributed by atoms with Crippen LogP contribution in [0.5, 0.6) is 0 Å². The predicted octanol–water partition coefficient (Wildman–Crippen LogP) is 2.10. The molecule has 130 valence electrons. The lowest BCUT2D eigenvalue weighted by Crippen LogP contribution is -2.48. The number of carbonyl (C=O) groups is 2. The number of para-hydroxylation sites is 1. The summed E-state index contributed by atoms with van der Waals surface area (Å²) in [5.74, 6) is 0.834. The lowest BCUT2D eigenvalue weighted by atomic mass is 10.2. The molecule has 1 aromatic heterocycles. The minimum atomic E-state index is -0.168. The second-order valence-corrected chi connectivity index (χ2v) is 6.13. The number of amides is 2. The van der Waals surface area contributed by atoms with Crippen LogP contribution in [0.4, 0.5) is 11.5 Å². The third-order valence-corrected chi connectivity index (χ3v) is 4.27. The van der Waals surface area contributed by atoms with Crippen LogP contribution in [0, 0.1) is 6.92 Å². The number of nitrogens with zero attached hydrogens (tertiary/aromatic N) is 4. The number of benzene rings is 1. The number of rotatable bonds is 4. The highest BCUT2D eigenvalue weighted by Crippen LogP contribution is 2.24. The van der Waals surface area contributed by atoms with Gasteiger partial charge in [-0.15, -0.1) is 0 Å². The maximum Gasteiger partial charge on any atom is 0.272 e. The van der Waals surface area contributed by atoms with Crippen LogP contribution in [0.25, 0.3) is 0 Å². The Morgan fingerprint density at radius 1 is 1.20 bits per heavy atom. The minimum Gasteiger partial charge on any atom is -0.342 e. The highest BCUT2D eigenvalue weighted by Gasteiger charge is 2.23. The van der Waals surface area contributed by atoms with Gasteiger partial charge < -0.3 is 15.1 Å². The quantitative estimate of drug-likeness (QED) is 0.846. The zero-order valence-electron chi connectivity index (χ0n) is 13.8. The van der Waals surface area contributed by atoms with Crippen LogP contribution in [0.2, 0.25) is 5.02 Å². The Morgan fingerprint density at radius 2 is 1.92 bits per heavy atom. The second-order valence-electron chi connectivity index (χ2n) is 5.72. The molecule has 2 aromatic rings. The number of carbonyl (C=O) groups excluding carboxylic acids is 2. The van der Waals surface area contributed by atoms with Gasteiger partial charge >= 0.3 is 0 Å². The Bertz CT molecular complexity index is 790. The van der Waals surface area contributed by atoms with E-state index < -0.39 is 0 Å². The van der Waals surface area contributed by atoms with Crippen LogP contribution >= 0.6 is 11.6 Å². The first-order chi connectivity index (χ1) is 12.1. The van der Waals surface area contributed by atoms with Crippen molar-refractivity contribution in [1.29, 1.82) is 0 Å². The monoisotopic (exact) mass is 359 g/mol. The SMILES string of the molecule is Cc1nc(Nc2ccccc2Cl)cc(C(=O)N2CCN(C=O)CC2)n1. The molecule has 0 atom stereocenters. The summed E-state index contributed by atoms with van der Waals surface area (Å²) in [7, 11) is 0. The normalized spacial score (nSPS) is 14.3. The number of piperazine rings is 1. The number of aromatic nitrogens is 2. The zero-order valence-corrected chi connectivity index (χ0v) is 14.5. The van der Waals surface area contributed by atoms with Gasteiger partial charge in [-0.25, -0.2) is 9.97 Å². The summed E-state index contributed by atoms with van der Waals surface area (Å²) in [4.78, 5) is 35.4. The lowest BCUT2D eigenvalue weighted by molar-refractivity contribution is -0.119. The molecule has 0 unspecified atom stereocenters. The summed E-state index contributed by atoms with van der Waals surface area (Å²) in [5.41, 5.74) is 1.03. The Balaban J connectivity index is 1.78. The van der Waals surface area contributed by atoms with Gasteiger partial charge in [0, 0.05) is 32.2 Å². The molecule has 3 rings (SSSR count). The molecule has 0 bridgehead atoms. The van der Waals surface area contributed by atoms with E-state index in [9.17, 15) is 9.59 Å². The largest absolute Gasteiger partial charge is 0.342 e. The summed E-state index contributed by atoms with van der Waals surface area (Å²) in [5, 5.41) is 3.69. The van der Waals surface area contributed by atoms with Gasteiger partial charge in [0.05, 0.1) is 10.7 Å². The molecule has 1 aromatic carbocycles. The van der Waals surface area contributed by atoms with Gasteiger partial charge in [0.1, 0.15) is 17.3 Å². The Hall–Kier alpha value is -2.67. The molecule has 0 spiro atoms. The fraction of sp³-hybridized carbons (Fsp3) is 0.294. The molecular formula is C17H18ClN5O2. The van der Waals surface area contributed by atoms with E-state index in [2.05, 4.69) is 15.3 Å². The van der Waals surface area contributed by atoms with E-state index in [0.717, 1.165) is 6.41 Å². The summed E-state index contributed by atoms with van der Waals surface area (Å²) < 4.78 is 0. The Morgan fingerprint density at radius 3 is 2.60 bits per heavy atom. The van der Waals surface area contributed by atoms with Crippen molar-refractivity contribution in [3.8, 4) is 0 Å². The third-order valence-electron chi connectivity index (χ3n) is 3.94. The van der Waals surface area contributed by atoms with Crippen molar-refractivity contribution in [1.82, 2.24) is 19.8 Å². The molecule has 8 heteroatoms. The van der Waals surface area contributed by atoms with Crippen LogP contribution in [0.1, 0.15) is 16.3 Å². The molecule has 7 nitrogen and oxygen atoms in total. The molecule has 1 N–H and O–H groups in total. The zero-order chi connectivity index (χ0) is 17.8. The lowest BCUT2D eigenvalue weighted by Gasteiger charge is -2.32. The van der Waals surface area contributed by atoms with Gasteiger partial charge in [0.2, 0.25) is 6.41 Å². The van der Waals surface area contributed by atoms with E-state index in [1.807, 2.05) is 18.2 Å². The predicted molar refractivity (Wildman–Crippen MR) is 95.0 cm³/mol. The summed E-state index contributed by atoms with van der Waals surface area (Å²) in [6.45, 7) is 3.79. The molecule has 1 aliphatic rings. The second kappa shape index (κ2) is 7.48. The van der Waals surface area contributed by atoms with Crippen LogP contribution in [-0.4, -0.2) is 58.3 Å². The molecule has 1 fully saturated rings. The number of hydrogen-bond donors (Lipinski definition) is 1. The van der Waals surface area contributed by atoms with Crippen molar-refractivity contribution >= 4 is 35.4 Å². The van der Waals surface area contributed by atoms with Crippen molar-refractivity contribution in [2.45, 2.75) is 6.92 Å². The number of halogens is 1. The van der Waals surface area contributed by atoms with Gasteiger partial charge in [-0.3, -0.25) is 9.59 Å². The van der Waals surface area contributed by atoms with Crippen molar-refractivity contribution in [3.05, 3.63) is 46.9 Å². The first-order valence-electron chi connectivity index (χ1n) is 7.92. The first kappa shape index (κ1) is 17.2. The number of nitrogens with one attached hydrogen (secondary N) is 1. The molecule has 1 saturated heterocycles. The van der Waals surface area contributed by atoms with Crippen molar-refractivity contribution in [2.24, 2.45) is 0 Å². The average Bonchev–Trinajstić information content (AvgIpc) is 2.62. The summed E-state index contributed by atoms with van der Waals surface area (Å²) in [6.07, 6.45) is 0.808. The van der Waals surface area contributed by atoms with E-state index in [1.54, 1.807) is 28.9 Å². The van der Waals surface area contributed by atoms with Gasteiger partial charge in [0.15, 0.2) is 0 Å². The van der Waals surface area contributed by atoms with Crippen LogP contribution in [0.3, 0.4) is 0 Å². The van der Waals surface area contributed by atoms with E-state index in [1.165, 1.54) is 0 Å². The van der Waals surface area contributed by atoms with Gasteiger partial charge in [0.25, 0.3) is 5.91 Å². The van der Waals surface area contributed by atoms with Gasteiger partial charge in [-0.2, -0.15) is 0 Å².